The van der Waals surface area contributed by atoms with Crippen molar-refractivity contribution in [2.24, 2.45) is 0 Å². The van der Waals surface area contributed by atoms with Crippen LogP contribution in [0.25, 0.3) is 0 Å². The van der Waals surface area contributed by atoms with E-state index in [4.69, 9.17) is 9.47 Å². The summed E-state index contributed by atoms with van der Waals surface area (Å²) < 4.78 is 10.9. The Morgan fingerprint density at radius 2 is 2.00 bits per heavy atom. The number of anilines is 2. The van der Waals surface area contributed by atoms with Gasteiger partial charge in [0.25, 0.3) is 0 Å². The molecule has 120 valence electrons. The maximum absolute atomic E-state index is 12.3. The highest BCUT2D eigenvalue weighted by Gasteiger charge is 2.26. The second-order valence-electron chi connectivity index (χ2n) is 5.52. The van der Waals surface area contributed by atoms with Gasteiger partial charge in [0.2, 0.25) is 5.91 Å². The lowest BCUT2D eigenvalue weighted by molar-refractivity contribution is -0.116. The minimum atomic E-state index is -0.0324. The van der Waals surface area contributed by atoms with Crippen LogP contribution in [0.5, 0.6) is 11.5 Å². The Balaban J connectivity index is 1.62. The van der Waals surface area contributed by atoms with Crippen LogP contribution in [0.15, 0.2) is 48.5 Å². The third-order valence-electron chi connectivity index (χ3n) is 4.02. The van der Waals surface area contributed by atoms with Crippen molar-refractivity contribution < 1.29 is 14.3 Å². The number of hydrogen-bond acceptors (Lipinski definition) is 4. The fraction of sp³-hybridized carbons (Fsp3) is 0.278. The van der Waals surface area contributed by atoms with E-state index in [0.717, 1.165) is 22.9 Å². The molecule has 1 N–H and O–H groups in total. The van der Waals surface area contributed by atoms with Crippen LogP contribution in [0.1, 0.15) is 6.42 Å². The number of rotatable bonds is 4. The van der Waals surface area contributed by atoms with E-state index >= 15 is 0 Å². The molecule has 1 aliphatic rings. The third kappa shape index (κ3) is 3.39. The molecule has 1 heterocycles. The second-order valence-corrected chi connectivity index (χ2v) is 5.52. The highest BCUT2D eigenvalue weighted by molar-refractivity contribution is 5.91. The number of nitrogens with zero attached hydrogens (tertiary/aromatic N) is 1. The van der Waals surface area contributed by atoms with Crippen molar-refractivity contribution in [3.05, 3.63) is 48.5 Å². The lowest BCUT2D eigenvalue weighted by atomic mass is 10.1. The van der Waals surface area contributed by atoms with Gasteiger partial charge in [0.1, 0.15) is 18.1 Å². The summed E-state index contributed by atoms with van der Waals surface area (Å²) >= 11 is 0. The first-order chi connectivity index (χ1) is 11.2. The van der Waals surface area contributed by atoms with Crippen molar-refractivity contribution in [3.8, 4) is 11.5 Å². The average Bonchev–Trinajstić information content (AvgIpc) is 2.58. The normalized spacial score (nSPS) is 16.3. The Bertz CT molecular complexity index is 685. The van der Waals surface area contributed by atoms with Gasteiger partial charge in [0.15, 0.2) is 0 Å². The number of benzene rings is 2. The molecule has 0 saturated heterocycles. The van der Waals surface area contributed by atoms with Crippen LogP contribution in [-0.4, -0.2) is 32.7 Å². The van der Waals surface area contributed by atoms with E-state index < -0.39 is 0 Å². The van der Waals surface area contributed by atoms with E-state index in [1.54, 1.807) is 7.11 Å². The molecule has 1 atom stereocenters. The molecule has 0 aromatic heterocycles. The maximum atomic E-state index is 12.3. The average molecular weight is 312 g/mol. The molecule has 0 spiro atoms. The fourth-order valence-corrected chi connectivity index (χ4v) is 2.66. The predicted molar refractivity (Wildman–Crippen MR) is 90.4 cm³/mol. The molecule has 2 aromatic carbocycles. The summed E-state index contributed by atoms with van der Waals surface area (Å²) in [4.78, 5) is 14.4. The van der Waals surface area contributed by atoms with Crippen LogP contribution in [0.2, 0.25) is 0 Å². The summed E-state index contributed by atoms with van der Waals surface area (Å²) in [6.45, 7) is 0.504. The fourth-order valence-electron chi connectivity index (χ4n) is 2.66. The Hall–Kier alpha value is -2.69. The van der Waals surface area contributed by atoms with E-state index in [2.05, 4.69) is 10.2 Å². The Morgan fingerprint density at radius 1 is 1.26 bits per heavy atom. The zero-order valence-electron chi connectivity index (χ0n) is 13.3. The smallest absolute Gasteiger partial charge is 0.226 e. The van der Waals surface area contributed by atoms with Crippen molar-refractivity contribution in [2.45, 2.75) is 12.5 Å². The first-order valence-corrected chi connectivity index (χ1v) is 7.56. The Morgan fingerprint density at radius 3 is 2.74 bits per heavy atom. The summed E-state index contributed by atoms with van der Waals surface area (Å²) in [6, 6.07) is 15.2. The molecular formula is C18H20N2O3. The SMILES string of the molecule is COc1ccc(NC(=O)C[C@H]2COc3ccccc3N2C)cc1. The second kappa shape index (κ2) is 6.60. The van der Waals surface area contributed by atoms with Crippen molar-refractivity contribution in [2.75, 3.05) is 31.0 Å². The number of para-hydroxylation sites is 2. The first-order valence-electron chi connectivity index (χ1n) is 7.56. The monoisotopic (exact) mass is 312 g/mol. The zero-order valence-corrected chi connectivity index (χ0v) is 13.3. The molecular weight excluding hydrogens is 292 g/mol. The molecule has 2 aromatic rings. The van der Waals surface area contributed by atoms with Crippen LogP contribution in [0, 0.1) is 0 Å². The molecule has 0 saturated carbocycles. The van der Waals surface area contributed by atoms with Crippen LogP contribution >= 0.6 is 0 Å². The van der Waals surface area contributed by atoms with Gasteiger partial charge in [-0.25, -0.2) is 0 Å². The van der Waals surface area contributed by atoms with Gasteiger partial charge in [-0.2, -0.15) is 0 Å². The molecule has 3 rings (SSSR count). The van der Waals surface area contributed by atoms with E-state index in [1.807, 2.05) is 55.6 Å². The van der Waals surface area contributed by atoms with Gasteiger partial charge < -0.3 is 19.7 Å². The number of nitrogens with one attached hydrogen (secondary N) is 1. The molecule has 5 nitrogen and oxygen atoms in total. The Labute approximate surface area is 135 Å². The molecule has 1 amide bonds. The lowest BCUT2D eigenvalue weighted by Gasteiger charge is -2.35. The van der Waals surface area contributed by atoms with Gasteiger partial charge >= 0.3 is 0 Å². The van der Waals surface area contributed by atoms with E-state index in [9.17, 15) is 4.79 Å². The van der Waals surface area contributed by atoms with Gasteiger partial charge in [-0.1, -0.05) is 12.1 Å². The number of methoxy groups -OCH3 is 1. The molecule has 23 heavy (non-hydrogen) atoms. The van der Waals surface area contributed by atoms with E-state index in [-0.39, 0.29) is 11.9 Å². The number of carbonyl (C=O) groups excluding carboxylic acids is 1. The van der Waals surface area contributed by atoms with E-state index in [1.165, 1.54) is 0 Å². The lowest BCUT2D eigenvalue weighted by Crippen LogP contribution is -2.42. The quantitative estimate of drug-likeness (QED) is 0.943. The van der Waals surface area contributed by atoms with Crippen molar-refractivity contribution >= 4 is 17.3 Å². The predicted octanol–water partition coefficient (Wildman–Crippen LogP) is 2.92. The minimum Gasteiger partial charge on any atom is -0.497 e. The summed E-state index contributed by atoms with van der Waals surface area (Å²) in [5.74, 6) is 1.59. The van der Waals surface area contributed by atoms with Crippen LogP contribution < -0.4 is 19.7 Å². The number of carbonyl (C=O) groups is 1. The summed E-state index contributed by atoms with van der Waals surface area (Å²) in [5, 5.41) is 2.91. The van der Waals surface area contributed by atoms with Gasteiger partial charge in [-0.3, -0.25) is 4.79 Å². The number of ether oxygens (including phenoxy) is 2. The molecule has 0 aliphatic carbocycles. The van der Waals surface area contributed by atoms with Crippen LogP contribution in [-0.2, 0) is 4.79 Å². The molecule has 0 radical (unpaired) electrons. The topological polar surface area (TPSA) is 50.8 Å². The number of hydrogen-bond donors (Lipinski definition) is 1. The molecule has 0 bridgehead atoms. The van der Waals surface area contributed by atoms with Crippen molar-refractivity contribution in [1.82, 2.24) is 0 Å². The number of amides is 1. The summed E-state index contributed by atoms with van der Waals surface area (Å²) in [7, 11) is 3.61. The molecule has 5 heteroatoms. The van der Waals surface area contributed by atoms with Gasteiger partial charge in [0, 0.05) is 12.7 Å². The van der Waals surface area contributed by atoms with E-state index in [0.29, 0.717) is 13.0 Å². The maximum Gasteiger partial charge on any atom is 0.226 e. The standard InChI is InChI=1S/C18H20N2O3/c1-20-14(12-23-17-6-4-3-5-16(17)20)11-18(21)19-13-7-9-15(22-2)10-8-13/h3-10,14H,11-12H2,1-2H3,(H,19,21)/t14-/m0/s1. The minimum absolute atomic E-state index is 0.0168. The first kappa shape index (κ1) is 15.2. The van der Waals surface area contributed by atoms with Gasteiger partial charge in [-0.05, 0) is 36.4 Å². The van der Waals surface area contributed by atoms with Crippen LogP contribution in [0.3, 0.4) is 0 Å². The highest BCUT2D eigenvalue weighted by atomic mass is 16.5. The highest BCUT2D eigenvalue weighted by Crippen LogP contribution is 2.33. The third-order valence-corrected chi connectivity index (χ3v) is 4.02. The summed E-state index contributed by atoms with van der Waals surface area (Å²) in [6.07, 6.45) is 0.372. The van der Waals surface area contributed by atoms with Crippen molar-refractivity contribution in [1.29, 1.82) is 0 Å². The van der Waals surface area contributed by atoms with Crippen molar-refractivity contribution in [3.63, 3.8) is 0 Å². The molecule has 0 unspecified atom stereocenters. The number of likely N-dealkylation sites (N-methyl/N-ethyl adjacent to an activating group) is 1. The molecule has 0 fully saturated rings. The van der Waals surface area contributed by atoms with Gasteiger partial charge in [0.05, 0.1) is 25.3 Å². The zero-order chi connectivity index (χ0) is 16.2. The Kier molecular flexibility index (Phi) is 4.37. The molecule has 1 aliphatic heterocycles. The van der Waals surface area contributed by atoms with Gasteiger partial charge in [-0.15, -0.1) is 0 Å². The van der Waals surface area contributed by atoms with Crippen LogP contribution in [0.4, 0.5) is 11.4 Å². The number of fused-ring (bicyclic) bond motifs is 1. The summed E-state index contributed by atoms with van der Waals surface area (Å²) in [5.41, 5.74) is 1.77. The largest absolute Gasteiger partial charge is 0.497 e.